The van der Waals surface area contributed by atoms with Crippen LogP contribution in [0.5, 0.6) is 0 Å². The minimum Gasteiger partial charge on any atom is -0.370 e. The first-order chi connectivity index (χ1) is 18.6. The van der Waals surface area contributed by atoms with Crippen LogP contribution in [0.15, 0.2) is 12.2 Å². The molecule has 0 aromatic heterocycles. The molecule has 4 N–H and O–H groups in total. The van der Waals surface area contributed by atoms with Gasteiger partial charge in [0.1, 0.15) is 0 Å². The lowest BCUT2D eigenvalue weighted by atomic mass is 9.96. The normalized spacial score (nSPS) is 12.3. The lowest BCUT2D eigenvalue weighted by Gasteiger charge is -2.10. The zero-order valence-corrected chi connectivity index (χ0v) is 25.5. The summed E-state index contributed by atoms with van der Waals surface area (Å²) >= 11 is 0. The summed E-state index contributed by atoms with van der Waals surface area (Å²) < 4.78 is 0. The number of amides is 2. The molecule has 4 heteroatoms. The first kappa shape index (κ1) is 36.7. The van der Waals surface area contributed by atoms with Crippen LogP contribution in [-0.4, -0.2) is 11.8 Å². The molecule has 0 aliphatic heterocycles. The van der Waals surface area contributed by atoms with Gasteiger partial charge in [0, 0.05) is 12.3 Å². The first-order valence-corrected chi connectivity index (χ1v) is 16.8. The van der Waals surface area contributed by atoms with Gasteiger partial charge in [-0.2, -0.15) is 0 Å². The second-order valence-electron chi connectivity index (χ2n) is 11.7. The Hall–Kier alpha value is -1.32. The standard InChI is InChI=1S/C34H66N2O2/c1-2-3-4-5-6-7-8-9-10-11-12-13-14-15-16-17-18-19-20-21-22-23-24-25-26-27-28-29-30-32(34(36)38)31-33(35)37/h11-12,32H,2-10,13-31H2,1H3,(H2,35,37)(H2,36,38). The van der Waals surface area contributed by atoms with E-state index in [2.05, 4.69) is 19.1 Å². The molecule has 0 saturated carbocycles. The molecule has 1 unspecified atom stereocenters. The average Bonchev–Trinajstić information content (AvgIpc) is 2.89. The van der Waals surface area contributed by atoms with Gasteiger partial charge in [-0.15, -0.1) is 0 Å². The second-order valence-corrected chi connectivity index (χ2v) is 11.7. The van der Waals surface area contributed by atoms with Crippen molar-refractivity contribution in [2.75, 3.05) is 0 Å². The lowest BCUT2D eigenvalue weighted by Crippen LogP contribution is -2.28. The molecule has 224 valence electrons. The molecule has 1 atom stereocenters. The van der Waals surface area contributed by atoms with E-state index in [-0.39, 0.29) is 12.3 Å². The maximum atomic E-state index is 11.3. The lowest BCUT2D eigenvalue weighted by molar-refractivity contribution is -0.127. The van der Waals surface area contributed by atoms with Crippen molar-refractivity contribution in [2.45, 2.75) is 187 Å². The van der Waals surface area contributed by atoms with Crippen molar-refractivity contribution in [3.8, 4) is 0 Å². The van der Waals surface area contributed by atoms with E-state index < -0.39 is 11.8 Å². The minimum absolute atomic E-state index is 0.0899. The van der Waals surface area contributed by atoms with Gasteiger partial charge in [0.25, 0.3) is 0 Å². The minimum atomic E-state index is -0.438. The fourth-order valence-electron chi connectivity index (χ4n) is 5.35. The van der Waals surface area contributed by atoms with Crippen LogP contribution in [0.1, 0.15) is 187 Å². The summed E-state index contributed by atoms with van der Waals surface area (Å²) in [5.74, 6) is -1.22. The summed E-state index contributed by atoms with van der Waals surface area (Å²) in [7, 11) is 0. The largest absolute Gasteiger partial charge is 0.370 e. The van der Waals surface area contributed by atoms with Crippen LogP contribution in [-0.2, 0) is 9.59 Å². The molecule has 0 aliphatic carbocycles. The van der Waals surface area contributed by atoms with Gasteiger partial charge in [0.15, 0.2) is 0 Å². The van der Waals surface area contributed by atoms with E-state index in [1.807, 2.05) is 0 Å². The molecule has 0 heterocycles. The fraction of sp³-hybridized carbons (Fsp3) is 0.882. The fourth-order valence-corrected chi connectivity index (χ4v) is 5.35. The van der Waals surface area contributed by atoms with Crippen LogP contribution in [0.2, 0.25) is 0 Å². The number of carbonyl (C=O) groups is 2. The molecule has 0 saturated heterocycles. The third-order valence-electron chi connectivity index (χ3n) is 7.91. The number of nitrogens with two attached hydrogens (primary N) is 2. The topological polar surface area (TPSA) is 86.2 Å². The second kappa shape index (κ2) is 30.2. The number of carbonyl (C=O) groups excluding carboxylic acids is 2. The third-order valence-corrected chi connectivity index (χ3v) is 7.91. The van der Waals surface area contributed by atoms with Crippen LogP contribution in [0.25, 0.3) is 0 Å². The molecule has 38 heavy (non-hydrogen) atoms. The van der Waals surface area contributed by atoms with E-state index in [9.17, 15) is 9.59 Å². The summed E-state index contributed by atoms with van der Waals surface area (Å²) in [6, 6.07) is 0. The zero-order chi connectivity index (χ0) is 27.9. The number of hydrogen-bond donors (Lipinski definition) is 2. The van der Waals surface area contributed by atoms with Gasteiger partial charge in [-0.25, -0.2) is 0 Å². The van der Waals surface area contributed by atoms with E-state index in [1.54, 1.807) is 0 Å². The van der Waals surface area contributed by atoms with Gasteiger partial charge in [-0.3, -0.25) is 9.59 Å². The molecule has 0 fully saturated rings. The molecular weight excluding hydrogens is 468 g/mol. The summed E-state index contributed by atoms with van der Waals surface area (Å²) in [6.07, 6.45) is 40.8. The van der Waals surface area contributed by atoms with Gasteiger partial charge in [0.2, 0.25) is 11.8 Å². The Morgan fingerprint density at radius 2 is 0.816 bits per heavy atom. The Labute approximate surface area is 237 Å². The van der Waals surface area contributed by atoms with E-state index in [0.717, 1.165) is 12.8 Å². The Morgan fingerprint density at radius 1 is 0.500 bits per heavy atom. The van der Waals surface area contributed by atoms with Crippen molar-refractivity contribution in [3.63, 3.8) is 0 Å². The summed E-state index contributed by atoms with van der Waals surface area (Å²) in [5.41, 5.74) is 10.5. The summed E-state index contributed by atoms with van der Waals surface area (Å²) in [5, 5.41) is 0. The van der Waals surface area contributed by atoms with Crippen LogP contribution in [0, 0.1) is 5.92 Å². The summed E-state index contributed by atoms with van der Waals surface area (Å²) in [4.78, 5) is 22.3. The van der Waals surface area contributed by atoms with Gasteiger partial charge in [0.05, 0.1) is 0 Å². The van der Waals surface area contributed by atoms with Crippen LogP contribution < -0.4 is 11.5 Å². The number of primary amides is 2. The molecule has 0 bridgehead atoms. The van der Waals surface area contributed by atoms with Crippen molar-refractivity contribution in [1.82, 2.24) is 0 Å². The highest BCUT2D eigenvalue weighted by molar-refractivity contribution is 5.83. The predicted octanol–water partition coefficient (Wildman–Crippen LogP) is 10.1. The van der Waals surface area contributed by atoms with Gasteiger partial charge < -0.3 is 11.5 Å². The molecule has 0 aromatic rings. The van der Waals surface area contributed by atoms with Crippen molar-refractivity contribution in [3.05, 3.63) is 12.2 Å². The Kier molecular flexibility index (Phi) is 29.2. The predicted molar refractivity (Wildman–Crippen MR) is 166 cm³/mol. The smallest absolute Gasteiger partial charge is 0.221 e. The van der Waals surface area contributed by atoms with Crippen molar-refractivity contribution >= 4 is 11.8 Å². The molecule has 0 aromatic carbocycles. The zero-order valence-electron chi connectivity index (χ0n) is 25.5. The van der Waals surface area contributed by atoms with Crippen LogP contribution >= 0.6 is 0 Å². The highest BCUT2D eigenvalue weighted by Crippen LogP contribution is 2.17. The third kappa shape index (κ3) is 29.2. The molecular formula is C34H66N2O2. The SMILES string of the molecule is CCCCCCCCCCC=CCCCCCCCCCCCCCCCCCCC(CC(N)=O)C(N)=O. The van der Waals surface area contributed by atoms with Gasteiger partial charge in [-0.1, -0.05) is 160 Å². The summed E-state index contributed by atoms with van der Waals surface area (Å²) in [6.45, 7) is 2.29. The number of unbranched alkanes of at least 4 members (excludes halogenated alkanes) is 24. The van der Waals surface area contributed by atoms with E-state index in [0.29, 0.717) is 6.42 Å². The van der Waals surface area contributed by atoms with Gasteiger partial charge >= 0.3 is 0 Å². The first-order valence-electron chi connectivity index (χ1n) is 16.8. The van der Waals surface area contributed by atoms with E-state index in [4.69, 9.17) is 11.5 Å². The molecule has 0 aliphatic rings. The molecule has 0 spiro atoms. The Bertz CT molecular complexity index is 547. The highest BCUT2D eigenvalue weighted by atomic mass is 16.2. The molecule has 0 radical (unpaired) electrons. The molecule has 2 amide bonds. The number of hydrogen-bond acceptors (Lipinski definition) is 2. The Morgan fingerprint density at radius 3 is 1.13 bits per heavy atom. The average molecular weight is 535 g/mol. The highest BCUT2D eigenvalue weighted by Gasteiger charge is 2.17. The van der Waals surface area contributed by atoms with E-state index >= 15 is 0 Å². The maximum absolute atomic E-state index is 11.3. The van der Waals surface area contributed by atoms with Crippen LogP contribution in [0.3, 0.4) is 0 Å². The quantitative estimate of drug-likeness (QED) is 0.0684. The van der Waals surface area contributed by atoms with Crippen molar-refractivity contribution in [2.24, 2.45) is 17.4 Å². The van der Waals surface area contributed by atoms with Crippen molar-refractivity contribution < 1.29 is 9.59 Å². The van der Waals surface area contributed by atoms with E-state index in [1.165, 1.54) is 154 Å². The Balaban J connectivity index is 3.21. The number of rotatable bonds is 31. The molecule has 4 nitrogen and oxygen atoms in total. The van der Waals surface area contributed by atoms with Crippen LogP contribution in [0.4, 0.5) is 0 Å². The monoisotopic (exact) mass is 535 g/mol. The van der Waals surface area contributed by atoms with Gasteiger partial charge in [-0.05, 0) is 32.1 Å². The van der Waals surface area contributed by atoms with Crippen molar-refractivity contribution in [1.29, 1.82) is 0 Å². The maximum Gasteiger partial charge on any atom is 0.221 e. The number of allylic oxidation sites excluding steroid dienone is 2. The molecule has 0 rings (SSSR count).